The molecule has 1 aliphatic carbocycles. The van der Waals surface area contributed by atoms with Crippen LogP contribution in [0.2, 0.25) is 0 Å². The van der Waals surface area contributed by atoms with E-state index in [-0.39, 0.29) is 29.2 Å². The molecule has 0 radical (unpaired) electrons. The lowest BCUT2D eigenvalue weighted by atomic mass is 10.1. The van der Waals surface area contributed by atoms with Gasteiger partial charge in [0.15, 0.2) is 16.4 Å². The summed E-state index contributed by atoms with van der Waals surface area (Å²) in [6.45, 7) is 1.11. The molecule has 8 heteroatoms. The van der Waals surface area contributed by atoms with Gasteiger partial charge in [-0.1, -0.05) is 6.07 Å². The zero-order valence-corrected chi connectivity index (χ0v) is 14.7. The lowest BCUT2D eigenvalue weighted by Gasteiger charge is -2.28. The highest BCUT2D eigenvalue weighted by Crippen LogP contribution is 2.32. The number of ether oxygens (including phenoxy) is 1. The number of benzene rings is 1. The molecule has 0 unspecified atom stereocenters. The Bertz CT molecular complexity index is 803. The van der Waals surface area contributed by atoms with Crippen molar-refractivity contribution < 1.29 is 27.1 Å². The summed E-state index contributed by atoms with van der Waals surface area (Å²) in [5.41, 5.74) is 0.451. The Morgan fingerprint density at radius 1 is 1.24 bits per heavy atom. The van der Waals surface area contributed by atoms with Gasteiger partial charge in [-0.15, -0.1) is 0 Å². The normalized spacial score (nSPS) is 21.8. The van der Waals surface area contributed by atoms with Gasteiger partial charge in [-0.05, 0) is 43.9 Å². The minimum Gasteiger partial charge on any atom is -0.452 e. The predicted octanol–water partition coefficient (Wildman–Crippen LogP) is 1.47. The molecule has 0 N–H and O–H groups in total. The van der Waals surface area contributed by atoms with Crippen LogP contribution in [0.4, 0.5) is 4.39 Å². The summed E-state index contributed by atoms with van der Waals surface area (Å²) < 4.78 is 41.9. The molecule has 2 aliphatic rings. The molecule has 1 saturated carbocycles. The maximum atomic E-state index is 13.5. The van der Waals surface area contributed by atoms with Gasteiger partial charge < -0.3 is 9.64 Å². The Labute approximate surface area is 145 Å². The molecule has 1 aromatic carbocycles. The van der Waals surface area contributed by atoms with Crippen molar-refractivity contribution in [1.29, 1.82) is 0 Å². The summed E-state index contributed by atoms with van der Waals surface area (Å²) in [5.74, 6) is -1.65. The van der Waals surface area contributed by atoms with E-state index in [0.29, 0.717) is 12.0 Å². The van der Waals surface area contributed by atoms with Crippen molar-refractivity contribution in [2.24, 2.45) is 0 Å². The first-order valence-electron chi connectivity index (χ1n) is 8.22. The molecule has 3 rings (SSSR count). The minimum atomic E-state index is -3.11. The van der Waals surface area contributed by atoms with Crippen LogP contribution in [0.5, 0.6) is 0 Å². The quantitative estimate of drug-likeness (QED) is 0.734. The molecular formula is C17H20FNO5S. The van der Waals surface area contributed by atoms with E-state index in [4.69, 9.17) is 4.74 Å². The summed E-state index contributed by atoms with van der Waals surface area (Å²) in [6, 6.07) is 3.66. The number of esters is 1. The average molecular weight is 369 g/mol. The van der Waals surface area contributed by atoms with Gasteiger partial charge in [0.2, 0.25) is 0 Å². The zero-order valence-electron chi connectivity index (χ0n) is 13.9. The van der Waals surface area contributed by atoms with Gasteiger partial charge in [-0.2, -0.15) is 0 Å². The monoisotopic (exact) mass is 369 g/mol. The first kappa shape index (κ1) is 17.8. The van der Waals surface area contributed by atoms with E-state index in [9.17, 15) is 22.4 Å². The Morgan fingerprint density at radius 3 is 2.52 bits per heavy atom. The van der Waals surface area contributed by atoms with Crippen LogP contribution < -0.4 is 0 Å². The van der Waals surface area contributed by atoms with Crippen LogP contribution >= 0.6 is 0 Å². The lowest BCUT2D eigenvalue weighted by molar-refractivity contribution is -0.137. The number of amides is 1. The van der Waals surface area contributed by atoms with Gasteiger partial charge in [0.1, 0.15) is 5.82 Å². The molecule has 2 fully saturated rings. The Hall–Kier alpha value is -1.96. The first-order chi connectivity index (χ1) is 11.8. The minimum absolute atomic E-state index is 0.0290. The summed E-state index contributed by atoms with van der Waals surface area (Å²) in [5, 5.41) is 0. The van der Waals surface area contributed by atoms with E-state index in [1.54, 1.807) is 11.8 Å². The Balaban J connectivity index is 1.62. The summed E-state index contributed by atoms with van der Waals surface area (Å²) in [6.07, 6.45) is 2.08. The van der Waals surface area contributed by atoms with Crippen LogP contribution in [0.3, 0.4) is 0 Å². The molecule has 0 spiro atoms. The second-order valence-electron chi connectivity index (χ2n) is 6.63. The number of carbonyl (C=O) groups is 2. The zero-order chi connectivity index (χ0) is 18.2. The van der Waals surface area contributed by atoms with E-state index in [0.717, 1.165) is 18.9 Å². The molecular weight excluding hydrogens is 349 g/mol. The van der Waals surface area contributed by atoms with E-state index < -0.39 is 34.1 Å². The number of aryl methyl sites for hydroxylation is 1. The fourth-order valence-corrected chi connectivity index (χ4v) is 4.77. The largest absolute Gasteiger partial charge is 0.452 e. The highest BCUT2D eigenvalue weighted by atomic mass is 32.2. The van der Waals surface area contributed by atoms with E-state index >= 15 is 0 Å². The third kappa shape index (κ3) is 4.18. The van der Waals surface area contributed by atoms with Crippen LogP contribution in [-0.2, 0) is 19.4 Å². The van der Waals surface area contributed by atoms with Crippen molar-refractivity contribution >= 4 is 21.7 Å². The number of sulfone groups is 1. The van der Waals surface area contributed by atoms with Gasteiger partial charge in [-0.3, -0.25) is 4.79 Å². The van der Waals surface area contributed by atoms with Crippen molar-refractivity contribution in [1.82, 2.24) is 4.90 Å². The van der Waals surface area contributed by atoms with E-state index in [1.807, 2.05) is 0 Å². The molecule has 1 amide bonds. The molecule has 0 bridgehead atoms. The summed E-state index contributed by atoms with van der Waals surface area (Å²) >= 11 is 0. The Morgan fingerprint density at radius 2 is 1.96 bits per heavy atom. The Kier molecular flexibility index (Phi) is 4.81. The summed E-state index contributed by atoms with van der Waals surface area (Å²) in [4.78, 5) is 26.0. The number of halogens is 1. The topological polar surface area (TPSA) is 80.8 Å². The summed E-state index contributed by atoms with van der Waals surface area (Å²) in [7, 11) is -3.11. The molecule has 1 heterocycles. The van der Waals surface area contributed by atoms with Crippen LogP contribution in [-0.4, -0.2) is 55.4 Å². The highest BCUT2D eigenvalue weighted by Gasteiger charge is 2.42. The number of rotatable bonds is 5. The van der Waals surface area contributed by atoms with Crippen LogP contribution in [0, 0.1) is 12.7 Å². The smallest absolute Gasteiger partial charge is 0.338 e. The molecule has 136 valence electrons. The fourth-order valence-electron chi connectivity index (χ4n) is 3.06. The number of hydrogen-bond acceptors (Lipinski definition) is 5. The second kappa shape index (κ2) is 6.74. The van der Waals surface area contributed by atoms with Crippen LogP contribution in [0.1, 0.15) is 35.2 Å². The molecule has 1 atom stereocenters. The van der Waals surface area contributed by atoms with Gasteiger partial charge in [0.25, 0.3) is 5.91 Å². The van der Waals surface area contributed by atoms with Crippen molar-refractivity contribution in [3.8, 4) is 0 Å². The fraction of sp³-hybridized carbons (Fsp3) is 0.529. The van der Waals surface area contributed by atoms with Crippen molar-refractivity contribution in [3.63, 3.8) is 0 Å². The lowest BCUT2D eigenvalue weighted by Crippen LogP contribution is -2.44. The molecule has 1 aromatic rings. The van der Waals surface area contributed by atoms with Crippen molar-refractivity contribution in [2.75, 3.05) is 18.1 Å². The first-order valence-corrected chi connectivity index (χ1v) is 10.0. The van der Waals surface area contributed by atoms with E-state index in [2.05, 4.69) is 0 Å². The molecule has 1 saturated heterocycles. The van der Waals surface area contributed by atoms with Crippen LogP contribution in [0.25, 0.3) is 0 Å². The molecule has 0 aromatic heterocycles. The molecule has 6 nitrogen and oxygen atoms in total. The number of nitrogens with zero attached hydrogens (tertiary/aromatic N) is 1. The van der Waals surface area contributed by atoms with Gasteiger partial charge in [0, 0.05) is 12.1 Å². The predicted molar refractivity (Wildman–Crippen MR) is 88.3 cm³/mol. The SMILES string of the molecule is Cc1ccc(C(=O)OCC(=O)N(C2CC2)[C@H]2CCS(=O)(=O)C2)cc1F. The van der Waals surface area contributed by atoms with Gasteiger partial charge in [0.05, 0.1) is 17.1 Å². The van der Waals surface area contributed by atoms with Crippen LogP contribution in [0.15, 0.2) is 18.2 Å². The maximum absolute atomic E-state index is 13.5. The van der Waals surface area contributed by atoms with Gasteiger partial charge >= 0.3 is 5.97 Å². The highest BCUT2D eigenvalue weighted by molar-refractivity contribution is 7.91. The third-order valence-electron chi connectivity index (χ3n) is 4.56. The third-order valence-corrected chi connectivity index (χ3v) is 6.31. The molecule has 25 heavy (non-hydrogen) atoms. The van der Waals surface area contributed by atoms with Crippen molar-refractivity contribution in [2.45, 2.75) is 38.3 Å². The molecule has 1 aliphatic heterocycles. The number of carbonyl (C=O) groups excluding carboxylic acids is 2. The maximum Gasteiger partial charge on any atom is 0.338 e. The standard InChI is InChI=1S/C17H20FNO5S/c1-11-2-3-12(8-15(11)18)17(21)24-9-16(20)19(13-4-5-13)14-6-7-25(22,23)10-14/h2-3,8,13-14H,4-7,9-10H2,1H3/t14-/m0/s1. The second-order valence-corrected chi connectivity index (χ2v) is 8.86. The average Bonchev–Trinajstić information content (AvgIpc) is 3.31. The number of hydrogen-bond donors (Lipinski definition) is 0. The van der Waals surface area contributed by atoms with E-state index in [1.165, 1.54) is 12.1 Å². The van der Waals surface area contributed by atoms with Gasteiger partial charge in [-0.25, -0.2) is 17.6 Å². The van der Waals surface area contributed by atoms with Crippen molar-refractivity contribution in [3.05, 3.63) is 35.1 Å².